The van der Waals surface area contributed by atoms with Gasteiger partial charge in [0.05, 0.1) is 4.92 Å². The van der Waals surface area contributed by atoms with Crippen molar-refractivity contribution >= 4 is 11.7 Å². The molecule has 0 fully saturated rings. The predicted octanol–water partition coefficient (Wildman–Crippen LogP) is 2.72. The molecule has 0 aromatic heterocycles. The fraction of sp³-hybridized carbons (Fsp3) is 0.500. The number of benzene rings is 1. The van der Waals surface area contributed by atoms with E-state index in [2.05, 4.69) is 0 Å². The molecule has 0 saturated carbocycles. The van der Waals surface area contributed by atoms with Crippen molar-refractivity contribution in [2.24, 2.45) is 0 Å². The monoisotopic (exact) mass is 279 g/mol. The van der Waals surface area contributed by atoms with Gasteiger partial charge in [-0.05, 0) is 49.3 Å². The molecule has 1 N–H and O–H groups in total. The number of nitro benzene ring substituents is 1. The average molecular weight is 279 g/mol. The Labute approximate surface area is 116 Å². The second-order valence-electron chi connectivity index (χ2n) is 4.91. The molecular formula is C14H17NO5. The van der Waals surface area contributed by atoms with Crippen molar-refractivity contribution in [3.63, 3.8) is 0 Å². The molecule has 20 heavy (non-hydrogen) atoms. The molecule has 2 rings (SSSR count). The molecule has 1 aliphatic rings. The lowest BCUT2D eigenvalue weighted by atomic mass is 9.91. The third-order valence-corrected chi connectivity index (χ3v) is 3.54. The van der Waals surface area contributed by atoms with Crippen LogP contribution in [0.5, 0.6) is 5.75 Å². The van der Waals surface area contributed by atoms with E-state index in [0.717, 1.165) is 36.8 Å². The van der Waals surface area contributed by atoms with Crippen LogP contribution in [0.15, 0.2) is 12.1 Å². The largest absolute Gasteiger partial charge is 0.479 e. The van der Waals surface area contributed by atoms with Gasteiger partial charge < -0.3 is 9.84 Å². The Morgan fingerprint density at radius 2 is 2.00 bits per heavy atom. The lowest BCUT2D eigenvalue weighted by Gasteiger charge is -2.19. The minimum absolute atomic E-state index is 0.0601. The van der Waals surface area contributed by atoms with Crippen LogP contribution in [0, 0.1) is 10.1 Å². The first-order valence-electron chi connectivity index (χ1n) is 6.72. The van der Waals surface area contributed by atoms with Crippen LogP contribution in [0.25, 0.3) is 0 Å². The third-order valence-electron chi connectivity index (χ3n) is 3.54. The Kier molecular flexibility index (Phi) is 4.22. The Morgan fingerprint density at radius 1 is 1.40 bits per heavy atom. The van der Waals surface area contributed by atoms with Crippen molar-refractivity contribution in [3.8, 4) is 5.75 Å². The topological polar surface area (TPSA) is 89.7 Å². The van der Waals surface area contributed by atoms with E-state index in [0.29, 0.717) is 0 Å². The van der Waals surface area contributed by atoms with Crippen LogP contribution < -0.4 is 4.74 Å². The Hall–Kier alpha value is -2.11. The van der Waals surface area contributed by atoms with E-state index in [4.69, 9.17) is 9.84 Å². The van der Waals surface area contributed by atoms with Gasteiger partial charge in [0.1, 0.15) is 0 Å². The number of carboxylic acids is 1. The van der Waals surface area contributed by atoms with Gasteiger partial charge >= 0.3 is 11.7 Å². The van der Waals surface area contributed by atoms with Gasteiger partial charge in [-0.2, -0.15) is 0 Å². The molecule has 1 aromatic rings. The highest BCUT2D eigenvalue weighted by Gasteiger charge is 2.25. The van der Waals surface area contributed by atoms with Gasteiger partial charge in [0.2, 0.25) is 0 Å². The van der Waals surface area contributed by atoms with Crippen LogP contribution in [-0.4, -0.2) is 22.1 Å². The summed E-state index contributed by atoms with van der Waals surface area (Å²) in [5.74, 6) is -1.05. The summed E-state index contributed by atoms with van der Waals surface area (Å²) in [6, 6.07) is 3.16. The zero-order valence-corrected chi connectivity index (χ0v) is 11.3. The molecule has 1 atom stereocenters. The van der Waals surface area contributed by atoms with E-state index in [1.165, 1.54) is 6.07 Å². The molecule has 0 heterocycles. The summed E-state index contributed by atoms with van der Waals surface area (Å²) in [6.07, 6.45) is 2.94. The minimum atomic E-state index is -1.11. The number of carbonyl (C=O) groups is 1. The zero-order chi connectivity index (χ0) is 14.7. The van der Waals surface area contributed by atoms with Crippen LogP contribution in [0.2, 0.25) is 0 Å². The molecule has 1 unspecified atom stereocenters. The maximum Gasteiger partial charge on any atom is 0.344 e. The molecule has 0 bridgehead atoms. The maximum atomic E-state index is 11.1. The van der Waals surface area contributed by atoms with E-state index >= 15 is 0 Å². The molecule has 1 aliphatic carbocycles. The van der Waals surface area contributed by atoms with Crippen molar-refractivity contribution in [1.82, 2.24) is 0 Å². The second kappa shape index (κ2) is 5.90. The van der Waals surface area contributed by atoms with Crippen molar-refractivity contribution in [2.45, 2.75) is 45.1 Å². The van der Waals surface area contributed by atoms with Gasteiger partial charge in [0.25, 0.3) is 0 Å². The number of ether oxygens (including phenoxy) is 1. The van der Waals surface area contributed by atoms with E-state index in [1.54, 1.807) is 13.0 Å². The highest BCUT2D eigenvalue weighted by atomic mass is 16.6. The predicted molar refractivity (Wildman–Crippen MR) is 72.1 cm³/mol. The number of aliphatic carboxylic acids is 1. The van der Waals surface area contributed by atoms with E-state index in [-0.39, 0.29) is 17.9 Å². The summed E-state index contributed by atoms with van der Waals surface area (Å²) in [5.41, 5.74) is 1.85. The van der Waals surface area contributed by atoms with E-state index in [9.17, 15) is 14.9 Å². The number of nitrogens with zero attached hydrogens (tertiary/aromatic N) is 1. The van der Waals surface area contributed by atoms with Crippen LogP contribution in [0.3, 0.4) is 0 Å². The SMILES string of the molecule is CCC(Oc1cc2c(cc1[N+](=O)[O-])CCCC2)C(=O)O. The molecule has 0 aliphatic heterocycles. The molecule has 1 aromatic carbocycles. The van der Waals surface area contributed by atoms with E-state index in [1.807, 2.05) is 0 Å². The Morgan fingerprint density at radius 3 is 2.50 bits per heavy atom. The first kappa shape index (κ1) is 14.3. The number of carboxylic acid groups (broad SMARTS) is 1. The second-order valence-corrected chi connectivity index (χ2v) is 4.91. The first-order chi connectivity index (χ1) is 9.52. The maximum absolute atomic E-state index is 11.1. The number of nitro groups is 1. The van der Waals surface area contributed by atoms with Crippen LogP contribution >= 0.6 is 0 Å². The summed E-state index contributed by atoms with van der Waals surface area (Å²) in [5, 5.41) is 20.1. The van der Waals surface area contributed by atoms with Crippen LogP contribution in [-0.2, 0) is 17.6 Å². The zero-order valence-electron chi connectivity index (χ0n) is 11.3. The lowest BCUT2D eigenvalue weighted by Crippen LogP contribution is -2.26. The summed E-state index contributed by atoms with van der Waals surface area (Å²) < 4.78 is 5.34. The highest BCUT2D eigenvalue weighted by molar-refractivity contribution is 5.73. The quantitative estimate of drug-likeness (QED) is 0.661. The standard InChI is InChI=1S/C14H17NO5/c1-2-12(14(16)17)20-13-8-10-6-4-3-5-9(10)7-11(13)15(18)19/h7-8,12H,2-6H2,1H3,(H,16,17). The normalized spacial score (nSPS) is 15.2. The number of aryl methyl sites for hydroxylation is 2. The van der Waals surface area contributed by atoms with Gasteiger partial charge in [-0.1, -0.05) is 6.92 Å². The highest BCUT2D eigenvalue weighted by Crippen LogP contribution is 2.34. The van der Waals surface area contributed by atoms with Gasteiger partial charge in [-0.3, -0.25) is 10.1 Å². The van der Waals surface area contributed by atoms with Crippen molar-refractivity contribution in [1.29, 1.82) is 0 Å². The molecule has 108 valence electrons. The molecule has 6 heteroatoms. The van der Waals surface area contributed by atoms with Gasteiger partial charge in [0, 0.05) is 6.07 Å². The van der Waals surface area contributed by atoms with Gasteiger partial charge in [-0.25, -0.2) is 4.79 Å². The molecule has 0 radical (unpaired) electrons. The molecule has 6 nitrogen and oxygen atoms in total. The van der Waals surface area contributed by atoms with Gasteiger partial charge in [0.15, 0.2) is 11.9 Å². The summed E-state index contributed by atoms with van der Waals surface area (Å²) in [6.45, 7) is 1.67. The fourth-order valence-corrected chi connectivity index (χ4v) is 2.45. The number of hydrogen-bond acceptors (Lipinski definition) is 4. The van der Waals surface area contributed by atoms with Crippen LogP contribution in [0.1, 0.15) is 37.3 Å². The molecule has 0 amide bonds. The minimum Gasteiger partial charge on any atom is -0.479 e. The first-order valence-corrected chi connectivity index (χ1v) is 6.72. The van der Waals surface area contributed by atoms with Crippen molar-refractivity contribution in [3.05, 3.63) is 33.4 Å². The Balaban J connectivity index is 2.39. The molecule has 0 spiro atoms. The average Bonchev–Trinajstić information content (AvgIpc) is 2.43. The summed E-state index contributed by atoms with van der Waals surface area (Å²) in [7, 11) is 0. The van der Waals surface area contributed by atoms with Crippen molar-refractivity contribution < 1.29 is 19.6 Å². The number of hydrogen-bond donors (Lipinski definition) is 1. The lowest BCUT2D eigenvalue weighted by molar-refractivity contribution is -0.386. The number of fused-ring (bicyclic) bond motifs is 1. The van der Waals surface area contributed by atoms with Gasteiger partial charge in [-0.15, -0.1) is 0 Å². The smallest absolute Gasteiger partial charge is 0.344 e. The Bertz CT molecular complexity index is 541. The fourth-order valence-electron chi connectivity index (χ4n) is 2.45. The number of rotatable bonds is 5. The van der Waals surface area contributed by atoms with E-state index < -0.39 is 17.0 Å². The van der Waals surface area contributed by atoms with Crippen LogP contribution in [0.4, 0.5) is 5.69 Å². The van der Waals surface area contributed by atoms with Crippen molar-refractivity contribution in [2.75, 3.05) is 0 Å². The third kappa shape index (κ3) is 2.89. The molecule has 0 saturated heterocycles. The molecular weight excluding hydrogens is 262 g/mol. The summed E-state index contributed by atoms with van der Waals surface area (Å²) in [4.78, 5) is 21.6. The summed E-state index contributed by atoms with van der Waals surface area (Å²) >= 11 is 0.